The fourth-order valence-electron chi connectivity index (χ4n) is 1.60. The Balaban J connectivity index is 2.00. The maximum atomic E-state index is 12.0. The third kappa shape index (κ3) is 3.67. The van der Waals surface area contributed by atoms with Crippen LogP contribution < -0.4 is 11.1 Å². The Morgan fingerprint density at radius 3 is 3.00 bits per heavy atom. The first-order valence-electron chi connectivity index (χ1n) is 6.17. The number of pyridine rings is 1. The number of thiophene rings is 1. The van der Waals surface area contributed by atoms with Crippen LogP contribution in [-0.2, 0) is 6.54 Å². The van der Waals surface area contributed by atoms with Crippen LogP contribution in [0, 0.1) is 18.8 Å². The molecule has 4 nitrogen and oxygen atoms in total. The smallest absolute Gasteiger partial charge is 0.253 e. The van der Waals surface area contributed by atoms with Gasteiger partial charge < -0.3 is 11.1 Å². The fourth-order valence-corrected chi connectivity index (χ4v) is 2.37. The highest BCUT2D eigenvalue weighted by atomic mass is 32.1. The molecule has 0 radical (unpaired) electrons. The summed E-state index contributed by atoms with van der Waals surface area (Å²) in [5.41, 5.74) is 7.72. The lowest BCUT2D eigenvalue weighted by molar-refractivity contribution is 0.0951. The van der Waals surface area contributed by atoms with E-state index in [0.717, 1.165) is 16.1 Å². The minimum Gasteiger partial charge on any atom is -0.347 e. The molecular formula is C15H15N3OS. The Hall–Kier alpha value is -2.16. The first-order chi connectivity index (χ1) is 9.70. The molecule has 0 aromatic carbocycles. The normalized spacial score (nSPS) is 9.70. The molecule has 2 aromatic heterocycles. The Labute approximate surface area is 122 Å². The van der Waals surface area contributed by atoms with Gasteiger partial charge >= 0.3 is 0 Å². The maximum Gasteiger partial charge on any atom is 0.253 e. The molecule has 0 spiro atoms. The van der Waals surface area contributed by atoms with Crippen molar-refractivity contribution >= 4 is 17.2 Å². The molecule has 0 unspecified atom stereocenters. The van der Waals surface area contributed by atoms with Gasteiger partial charge in [0.25, 0.3) is 5.91 Å². The van der Waals surface area contributed by atoms with Gasteiger partial charge in [0.05, 0.1) is 18.7 Å². The zero-order valence-corrected chi connectivity index (χ0v) is 12.0. The molecule has 0 saturated heterocycles. The van der Waals surface area contributed by atoms with Gasteiger partial charge in [0.1, 0.15) is 0 Å². The molecule has 20 heavy (non-hydrogen) atoms. The summed E-state index contributed by atoms with van der Waals surface area (Å²) in [5.74, 6) is 5.68. The summed E-state index contributed by atoms with van der Waals surface area (Å²) in [7, 11) is 0. The van der Waals surface area contributed by atoms with E-state index in [-0.39, 0.29) is 5.91 Å². The number of hydrogen-bond donors (Lipinski definition) is 2. The van der Waals surface area contributed by atoms with Gasteiger partial charge in [0, 0.05) is 22.3 Å². The van der Waals surface area contributed by atoms with Crippen molar-refractivity contribution in [3.63, 3.8) is 0 Å². The van der Waals surface area contributed by atoms with Crippen molar-refractivity contribution in [1.82, 2.24) is 10.3 Å². The number of amides is 1. The van der Waals surface area contributed by atoms with Crippen LogP contribution >= 0.6 is 11.3 Å². The molecule has 0 bridgehead atoms. The van der Waals surface area contributed by atoms with Crippen molar-refractivity contribution in [1.29, 1.82) is 0 Å². The third-order valence-corrected chi connectivity index (χ3v) is 3.57. The number of nitrogens with one attached hydrogen (secondary N) is 1. The van der Waals surface area contributed by atoms with E-state index in [2.05, 4.69) is 22.1 Å². The Bertz CT molecular complexity index is 650. The van der Waals surface area contributed by atoms with Crippen LogP contribution in [0.3, 0.4) is 0 Å². The van der Waals surface area contributed by atoms with Crippen LogP contribution in [0.1, 0.15) is 26.5 Å². The van der Waals surface area contributed by atoms with E-state index in [0.29, 0.717) is 18.7 Å². The molecule has 0 atom stereocenters. The molecule has 0 fully saturated rings. The summed E-state index contributed by atoms with van der Waals surface area (Å²) in [4.78, 5) is 17.1. The number of carbonyl (C=O) groups excluding carboxylic acids is 1. The maximum absolute atomic E-state index is 12.0. The second kappa shape index (κ2) is 6.85. The molecule has 102 valence electrons. The SMILES string of the molecule is Cc1ccc(C(=O)NCc2sccc2C#CCN)cn1. The van der Waals surface area contributed by atoms with Crippen LogP contribution in [0.2, 0.25) is 0 Å². The summed E-state index contributed by atoms with van der Waals surface area (Å²) in [6.07, 6.45) is 1.58. The highest BCUT2D eigenvalue weighted by molar-refractivity contribution is 7.10. The molecule has 1 amide bonds. The number of nitrogens with two attached hydrogens (primary N) is 1. The van der Waals surface area contributed by atoms with Crippen LogP contribution in [0.5, 0.6) is 0 Å². The number of rotatable bonds is 3. The minimum absolute atomic E-state index is 0.136. The number of aromatic nitrogens is 1. The molecule has 0 saturated carbocycles. The quantitative estimate of drug-likeness (QED) is 0.843. The number of hydrogen-bond acceptors (Lipinski definition) is 4. The van der Waals surface area contributed by atoms with Crippen molar-refractivity contribution in [2.45, 2.75) is 13.5 Å². The molecule has 2 heterocycles. The van der Waals surface area contributed by atoms with E-state index in [1.54, 1.807) is 23.6 Å². The lowest BCUT2D eigenvalue weighted by Crippen LogP contribution is -2.22. The van der Waals surface area contributed by atoms with E-state index >= 15 is 0 Å². The van der Waals surface area contributed by atoms with Crippen LogP contribution in [0.4, 0.5) is 0 Å². The minimum atomic E-state index is -0.136. The summed E-state index contributed by atoms with van der Waals surface area (Å²) >= 11 is 1.57. The molecule has 0 aliphatic rings. The molecule has 5 heteroatoms. The largest absolute Gasteiger partial charge is 0.347 e. The lowest BCUT2D eigenvalue weighted by atomic mass is 10.2. The van der Waals surface area contributed by atoms with E-state index in [4.69, 9.17) is 5.73 Å². The Kier molecular flexibility index (Phi) is 4.88. The number of aryl methyl sites for hydroxylation is 1. The monoisotopic (exact) mass is 285 g/mol. The summed E-state index contributed by atoms with van der Waals surface area (Å²) in [5, 5.41) is 4.82. The average Bonchev–Trinajstić information content (AvgIpc) is 2.90. The van der Waals surface area contributed by atoms with Gasteiger partial charge in [-0.15, -0.1) is 11.3 Å². The van der Waals surface area contributed by atoms with Gasteiger partial charge in [-0.2, -0.15) is 0 Å². The van der Waals surface area contributed by atoms with Crippen molar-refractivity contribution < 1.29 is 4.79 Å². The topological polar surface area (TPSA) is 68.0 Å². The van der Waals surface area contributed by atoms with Gasteiger partial charge in [-0.1, -0.05) is 11.8 Å². The second-order valence-electron chi connectivity index (χ2n) is 4.13. The Morgan fingerprint density at radius 2 is 2.30 bits per heavy atom. The average molecular weight is 285 g/mol. The number of carbonyl (C=O) groups is 1. The first-order valence-corrected chi connectivity index (χ1v) is 7.05. The highest BCUT2D eigenvalue weighted by Gasteiger charge is 2.07. The van der Waals surface area contributed by atoms with E-state index in [9.17, 15) is 4.79 Å². The zero-order chi connectivity index (χ0) is 14.4. The predicted molar refractivity (Wildman–Crippen MR) is 80.4 cm³/mol. The molecular weight excluding hydrogens is 270 g/mol. The van der Waals surface area contributed by atoms with Crippen LogP contribution in [0.15, 0.2) is 29.8 Å². The highest BCUT2D eigenvalue weighted by Crippen LogP contribution is 2.15. The standard InChI is InChI=1S/C15H15N3OS/c1-11-4-5-13(9-17-11)15(19)18-10-14-12(3-2-7-16)6-8-20-14/h4-6,8-9H,7,10,16H2,1H3,(H,18,19). The summed E-state index contributed by atoms with van der Waals surface area (Å²) in [6.45, 7) is 2.67. The Morgan fingerprint density at radius 1 is 1.45 bits per heavy atom. The van der Waals surface area contributed by atoms with Gasteiger partial charge in [-0.05, 0) is 30.5 Å². The van der Waals surface area contributed by atoms with Crippen molar-refractivity contribution in [3.8, 4) is 11.8 Å². The van der Waals surface area contributed by atoms with Gasteiger partial charge in [0.2, 0.25) is 0 Å². The number of nitrogens with zero attached hydrogens (tertiary/aromatic N) is 1. The van der Waals surface area contributed by atoms with Crippen LogP contribution in [-0.4, -0.2) is 17.4 Å². The first kappa shape index (κ1) is 14.3. The van der Waals surface area contributed by atoms with Crippen molar-refractivity contribution in [3.05, 3.63) is 51.5 Å². The fraction of sp³-hybridized carbons (Fsp3) is 0.200. The third-order valence-electron chi connectivity index (χ3n) is 2.65. The zero-order valence-electron chi connectivity index (χ0n) is 11.1. The predicted octanol–water partition coefficient (Wildman–Crippen LogP) is 1.69. The molecule has 2 aromatic rings. The van der Waals surface area contributed by atoms with Crippen molar-refractivity contribution in [2.24, 2.45) is 5.73 Å². The van der Waals surface area contributed by atoms with Gasteiger partial charge in [-0.25, -0.2) is 0 Å². The molecule has 0 aliphatic heterocycles. The summed E-state index contributed by atoms with van der Waals surface area (Å²) < 4.78 is 0. The lowest BCUT2D eigenvalue weighted by Gasteiger charge is -2.04. The van der Waals surface area contributed by atoms with Crippen molar-refractivity contribution in [2.75, 3.05) is 6.54 Å². The molecule has 2 rings (SSSR count). The van der Waals surface area contributed by atoms with E-state index < -0.39 is 0 Å². The molecule has 3 N–H and O–H groups in total. The summed E-state index contributed by atoms with van der Waals surface area (Å²) in [6, 6.07) is 5.52. The van der Waals surface area contributed by atoms with Gasteiger partial charge in [-0.3, -0.25) is 9.78 Å². The molecule has 0 aliphatic carbocycles. The van der Waals surface area contributed by atoms with E-state index in [1.165, 1.54) is 0 Å². The van der Waals surface area contributed by atoms with E-state index in [1.807, 2.05) is 24.4 Å². The van der Waals surface area contributed by atoms with Crippen LogP contribution in [0.25, 0.3) is 0 Å². The second-order valence-corrected chi connectivity index (χ2v) is 5.13. The van der Waals surface area contributed by atoms with Gasteiger partial charge in [0.15, 0.2) is 0 Å².